The molecule has 7 nitrogen and oxygen atoms in total. The van der Waals surface area contributed by atoms with Gasteiger partial charge in [-0.05, 0) is 36.8 Å². The Bertz CT molecular complexity index is 1360. The van der Waals surface area contributed by atoms with Crippen molar-refractivity contribution < 1.29 is 9.52 Å². The summed E-state index contributed by atoms with van der Waals surface area (Å²) in [5.41, 5.74) is 3.62. The molecule has 32 heavy (non-hydrogen) atoms. The lowest BCUT2D eigenvalue weighted by molar-refractivity contribution is 0.470. The second kappa shape index (κ2) is 8.68. The molecule has 0 radical (unpaired) electrons. The number of thioether (sulfide) groups is 1. The van der Waals surface area contributed by atoms with Crippen molar-refractivity contribution in [3.63, 3.8) is 0 Å². The highest BCUT2D eigenvalue weighted by Crippen LogP contribution is 2.31. The molecule has 8 heteroatoms. The maximum atomic E-state index is 10.0. The van der Waals surface area contributed by atoms with Crippen molar-refractivity contribution in [2.45, 2.75) is 17.8 Å². The molecule has 0 amide bonds. The van der Waals surface area contributed by atoms with E-state index < -0.39 is 0 Å². The summed E-state index contributed by atoms with van der Waals surface area (Å²) in [5, 5.41) is 27.8. The van der Waals surface area contributed by atoms with Gasteiger partial charge in [-0.25, -0.2) is 0 Å². The number of para-hydroxylation sites is 1. The monoisotopic (exact) mass is 441 g/mol. The molecule has 2 heterocycles. The number of aromatic nitrogens is 5. The zero-order valence-electron chi connectivity index (χ0n) is 17.2. The maximum Gasteiger partial charge on any atom is 0.251 e. The lowest BCUT2D eigenvalue weighted by Crippen LogP contribution is -2.00. The normalized spacial score (nSPS) is 11.0. The number of phenols is 1. The van der Waals surface area contributed by atoms with Crippen LogP contribution in [0.15, 0.2) is 88.4 Å². The molecule has 0 aliphatic rings. The molecule has 0 bridgehead atoms. The molecule has 0 unspecified atom stereocenters. The van der Waals surface area contributed by atoms with Crippen LogP contribution in [0, 0.1) is 6.92 Å². The SMILES string of the molecule is Cc1cccc(-n2c(SCc3nnc(-c4ccccc4O)o3)nnc2-c2ccccc2)c1. The van der Waals surface area contributed by atoms with E-state index in [9.17, 15) is 5.11 Å². The van der Waals surface area contributed by atoms with Gasteiger partial charge in [-0.15, -0.1) is 20.4 Å². The van der Waals surface area contributed by atoms with Crippen molar-refractivity contribution in [1.29, 1.82) is 0 Å². The summed E-state index contributed by atoms with van der Waals surface area (Å²) >= 11 is 1.46. The summed E-state index contributed by atoms with van der Waals surface area (Å²) in [5.74, 6) is 2.00. The van der Waals surface area contributed by atoms with E-state index in [4.69, 9.17) is 4.42 Å². The molecule has 2 aromatic heterocycles. The molecule has 0 aliphatic carbocycles. The first-order valence-corrected chi connectivity index (χ1v) is 11.0. The molecule has 1 N–H and O–H groups in total. The van der Waals surface area contributed by atoms with Gasteiger partial charge in [0.1, 0.15) is 5.75 Å². The minimum absolute atomic E-state index is 0.0991. The predicted octanol–water partition coefficient (Wildman–Crippen LogP) is 5.29. The Morgan fingerprint density at radius 3 is 2.50 bits per heavy atom. The molecule has 0 saturated heterocycles. The molecule has 3 aromatic carbocycles. The Morgan fingerprint density at radius 1 is 0.875 bits per heavy atom. The number of hydrogen-bond acceptors (Lipinski definition) is 7. The molecular formula is C24H19N5O2S. The number of rotatable bonds is 6. The maximum absolute atomic E-state index is 10.0. The molecule has 0 fully saturated rings. The fourth-order valence-corrected chi connectivity index (χ4v) is 4.13. The summed E-state index contributed by atoms with van der Waals surface area (Å²) < 4.78 is 7.80. The molecule has 0 saturated carbocycles. The van der Waals surface area contributed by atoms with Gasteiger partial charge in [0, 0.05) is 11.3 Å². The molecular weight excluding hydrogens is 422 g/mol. The summed E-state index contributed by atoms with van der Waals surface area (Å²) in [6.07, 6.45) is 0. The van der Waals surface area contributed by atoms with Crippen LogP contribution < -0.4 is 0 Å². The molecule has 0 aliphatic heterocycles. The Labute approximate surface area is 188 Å². The van der Waals surface area contributed by atoms with Gasteiger partial charge in [-0.3, -0.25) is 4.57 Å². The van der Waals surface area contributed by atoms with Crippen LogP contribution in [-0.4, -0.2) is 30.1 Å². The van der Waals surface area contributed by atoms with E-state index in [1.165, 1.54) is 11.8 Å². The highest BCUT2D eigenvalue weighted by Gasteiger charge is 2.18. The number of aromatic hydroxyl groups is 1. The first kappa shape index (κ1) is 20.0. The number of hydrogen-bond donors (Lipinski definition) is 1. The fraction of sp³-hybridized carbons (Fsp3) is 0.0833. The lowest BCUT2D eigenvalue weighted by atomic mass is 10.2. The largest absolute Gasteiger partial charge is 0.507 e. The molecule has 0 spiro atoms. The quantitative estimate of drug-likeness (QED) is 0.358. The number of phenolic OH excluding ortho intramolecular Hbond substituents is 1. The lowest BCUT2D eigenvalue weighted by Gasteiger charge is -2.10. The van der Waals surface area contributed by atoms with Crippen LogP contribution in [0.5, 0.6) is 5.75 Å². The standard InChI is InChI=1S/C24H19N5O2S/c1-16-8-7-11-18(14-16)29-22(17-9-3-2-4-10-17)26-28-24(29)32-15-21-25-27-23(31-21)19-12-5-6-13-20(19)30/h2-14,30H,15H2,1H3. The average molecular weight is 442 g/mol. The van der Waals surface area contributed by atoms with Crippen molar-refractivity contribution in [3.05, 3.63) is 90.3 Å². The summed E-state index contributed by atoms with van der Waals surface area (Å²) in [7, 11) is 0. The van der Waals surface area contributed by atoms with Crippen molar-refractivity contribution in [2.75, 3.05) is 0 Å². The van der Waals surface area contributed by atoms with Crippen LogP contribution in [0.3, 0.4) is 0 Å². The van der Waals surface area contributed by atoms with Crippen LogP contribution in [0.25, 0.3) is 28.5 Å². The van der Waals surface area contributed by atoms with Gasteiger partial charge in [0.25, 0.3) is 5.89 Å². The van der Waals surface area contributed by atoms with E-state index in [1.807, 2.05) is 53.1 Å². The summed E-state index contributed by atoms with van der Waals surface area (Å²) in [6, 6.07) is 25.1. The molecule has 158 valence electrons. The smallest absolute Gasteiger partial charge is 0.251 e. The Morgan fingerprint density at radius 2 is 1.69 bits per heavy atom. The zero-order valence-corrected chi connectivity index (χ0v) is 18.0. The van der Waals surface area contributed by atoms with Gasteiger partial charge in [-0.1, -0.05) is 66.4 Å². The van der Waals surface area contributed by atoms with Gasteiger partial charge in [0.2, 0.25) is 5.89 Å². The third-order valence-corrected chi connectivity index (χ3v) is 5.76. The summed E-state index contributed by atoms with van der Waals surface area (Å²) in [6.45, 7) is 2.06. The second-order valence-electron chi connectivity index (χ2n) is 7.15. The third kappa shape index (κ3) is 4.00. The van der Waals surface area contributed by atoms with E-state index in [2.05, 4.69) is 39.5 Å². The van der Waals surface area contributed by atoms with Crippen LogP contribution in [0.4, 0.5) is 0 Å². The van der Waals surface area contributed by atoms with Gasteiger partial charge in [0.15, 0.2) is 11.0 Å². The van der Waals surface area contributed by atoms with Gasteiger partial charge >= 0.3 is 0 Å². The highest BCUT2D eigenvalue weighted by atomic mass is 32.2. The Balaban J connectivity index is 1.46. The second-order valence-corrected chi connectivity index (χ2v) is 8.10. The van der Waals surface area contributed by atoms with Crippen molar-refractivity contribution in [1.82, 2.24) is 25.0 Å². The first-order valence-electron chi connectivity index (χ1n) is 10.0. The van der Waals surface area contributed by atoms with Crippen LogP contribution >= 0.6 is 11.8 Å². The number of aryl methyl sites for hydroxylation is 1. The minimum atomic E-state index is 0.0991. The number of benzene rings is 3. The Hall–Kier alpha value is -3.91. The van der Waals surface area contributed by atoms with Crippen LogP contribution in [-0.2, 0) is 5.75 Å². The average Bonchev–Trinajstić information content (AvgIpc) is 3.46. The van der Waals surface area contributed by atoms with Crippen LogP contribution in [0.1, 0.15) is 11.5 Å². The van der Waals surface area contributed by atoms with E-state index in [0.717, 1.165) is 27.8 Å². The predicted molar refractivity (Wildman–Crippen MR) is 122 cm³/mol. The molecule has 0 atom stereocenters. The van der Waals surface area contributed by atoms with Gasteiger partial charge in [-0.2, -0.15) is 0 Å². The number of nitrogens with zero attached hydrogens (tertiary/aromatic N) is 5. The van der Waals surface area contributed by atoms with Crippen molar-refractivity contribution in [2.24, 2.45) is 0 Å². The zero-order chi connectivity index (χ0) is 21.9. The van der Waals surface area contributed by atoms with Crippen molar-refractivity contribution >= 4 is 11.8 Å². The van der Waals surface area contributed by atoms with E-state index in [1.54, 1.807) is 18.2 Å². The third-order valence-electron chi connectivity index (χ3n) is 4.85. The van der Waals surface area contributed by atoms with Crippen LogP contribution in [0.2, 0.25) is 0 Å². The fourth-order valence-electron chi connectivity index (χ4n) is 3.34. The van der Waals surface area contributed by atoms with E-state index in [0.29, 0.717) is 17.2 Å². The van der Waals surface area contributed by atoms with Gasteiger partial charge in [0.05, 0.1) is 11.3 Å². The highest BCUT2D eigenvalue weighted by molar-refractivity contribution is 7.98. The first-order chi connectivity index (χ1) is 15.7. The molecule has 5 rings (SSSR count). The van der Waals surface area contributed by atoms with Gasteiger partial charge < -0.3 is 9.52 Å². The van der Waals surface area contributed by atoms with Crippen molar-refractivity contribution in [3.8, 4) is 34.3 Å². The summed E-state index contributed by atoms with van der Waals surface area (Å²) in [4.78, 5) is 0. The molecule has 5 aromatic rings. The van der Waals surface area contributed by atoms with E-state index in [-0.39, 0.29) is 11.6 Å². The minimum Gasteiger partial charge on any atom is -0.507 e. The van der Waals surface area contributed by atoms with E-state index >= 15 is 0 Å². The topological polar surface area (TPSA) is 89.9 Å². The Kier molecular flexibility index (Phi) is 5.43.